The molecule has 3 aromatic rings. The van der Waals surface area contributed by atoms with Gasteiger partial charge in [-0.25, -0.2) is 4.98 Å². The first-order valence-corrected chi connectivity index (χ1v) is 11.7. The Balaban J connectivity index is 1.78. The molecule has 0 aliphatic heterocycles. The van der Waals surface area contributed by atoms with Crippen molar-refractivity contribution < 1.29 is 4.79 Å². The standard InChI is InChI=1S/C24H30N4OS/c1-4-28(5-2)15-9-14-25-24(29)21-17-23(27-22-13-7-6-12-20(21)22)26-18-10-8-11-19(16-18)30-3/h6-8,10-13,16-17H,4-5,9,14-15H2,1-3H3,(H,25,29)(H,26,27). The molecular weight excluding hydrogens is 392 g/mol. The molecule has 2 N–H and O–H groups in total. The highest BCUT2D eigenvalue weighted by molar-refractivity contribution is 7.98. The summed E-state index contributed by atoms with van der Waals surface area (Å²) in [5, 5.41) is 7.29. The molecular formula is C24H30N4OS. The van der Waals surface area contributed by atoms with Crippen LogP contribution in [0.1, 0.15) is 30.6 Å². The van der Waals surface area contributed by atoms with Crippen LogP contribution in [0.3, 0.4) is 0 Å². The summed E-state index contributed by atoms with van der Waals surface area (Å²) in [6.07, 6.45) is 2.99. The molecule has 0 atom stereocenters. The smallest absolute Gasteiger partial charge is 0.252 e. The Hall–Kier alpha value is -2.57. The van der Waals surface area contributed by atoms with Crippen molar-refractivity contribution in [3.8, 4) is 0 Å². The number of amides is 1. The Morgan fingerprint density at radius 3 is 2.63 bits per heavy atom. The number of carbonyl (C=O) groups is 1. The summed E-state index contributed by atoms with van der Waals surface area (Å²) in [6.45, 7) is 8.04. The fourth-order valence-corrected chi connectivity index (χ4v) is 3.88. The van der Waals surface area contributed by atoms with Crippen molar-refractivity contribution in [1.82, 2.24) is 15.2 Å². The zero-order chi connectivity index (χ0) is 21.3. The van der Waals surface area contributed by atoms with Gasteiger partial charge in [0.1, 0.15) is 5.82 Å². The number of carbonyl (C=O) groups excluding carboxylic acids is 1. The number of hydrogen-bond donors (Lipinski definition) is 2. The van der Waals surface area contributed by atoms with Crippen molar-refractivity contribution in [1.29, 1.82) is 0 Å². The third-order valence-corrected chi connectivity index (χ3v) is 5.86. The predicted molar refractivity (Wildman–Crippen MR) is 128 cm³/mol. The Kier molecular flexibility index (Phi) is 8.11. The van der Waals surface area contributed by atoms with Gasteiger partial charge in [0.05, 0.1) is 11.1 Å². The highest BCUT2D eigenvalue weighted by Gasteiger charge is 2.13. The van der Waals surface area contributed by atoms with Crippen molar-refractivity contribution in [3.05, 3.63) is 60.2 Å². The van der Waals surface area contributed by atoms with Gasteiger partial charge in [-0.1, -0.05) is 38.1 Å². The van der Waals surface area contributed by atoms with Crippen LogP contribution in [0.5, 0.6) is 0 Å². The number of thioether (sulfide) groups is 1. The largest absolute Gasteiger partial charge is 0.352 e. The van der Waals surface area contributed by atoms with E-state index in [-0.39, 0.29) is 5.91 Å². The van der Waals surface area contributed by atoms with E-state index in [1.54, 1.807) is 11.8 Å². The van der Waals surface area contributed by atoms with Crippen LogP contribution in [0.15, 0.2) is 59.5 Å². The number of benzene rings is 2. The van der Waals surface area contributed by atoms with E-state index in [9.17, 15) is 4.79 Å². The summed E-state index contributed by atoms with van der Waals surface area (Å²) in [5.74, 6) is 0.606. The van der Waals surface area contributed by atoms with Gasteiger partial charge >= 0.3 is 0 Å². The molecule has 6 heteroatoms. The summed E-state index contributed by atoms with van der Waals surface area (Å²) in [7, 11) is 0. The van der Waals surface area contributed by atoms with Crippen LogP contribution >= 0.6 is 11.8 Å². The van der Waals surface area contributed by atoms with E-state index >= 15 is 0 Å². The second-order valence-electron chi connectivity index (χ2n) is 7.07. The van der Waals surface area contributed by atoms with Crippen molar-refractivity contribution in [3.63, 3.8) is 0 Å². The summed E-state index contributed by atoms with van der Waals surface area (Å²) in [4.78, 5) is 21.2. The SMILES string of the molecule is CCN(CC)CCCNC(=O)c1cc(Nc2cccc(SC)c2)nc2ccccc12. The summed E-state index contributed by atoms with van der Waals surface area (Å²) >= 11 is 1.69. The molecule has 0 aliphatic carbocycles. The minimum Gasteiger partial charge on any atom is -0.352 e. The average molecular weight is 423 g/mol. The van der Waals surface area contributed by atoms with E-state index in [2.05, 4.69) is 47.8 Å². The number of para-hydroxylation sites is 1. The van der Waals surface area contributed by atoms with E-state index in [1.807, 2.05) is 42.5 Å². The quantitative estimate of drug-likeness (QED) is 0.349. The molecule has 0 fully saturated rings. The second kappa shape index (κ2) is 11.0. The number of nitrogens with one attached hydrogen (secondary N) is 2. The lowest BCUT2D eigenvalue weighted by Crippen LogP contribution is -2.30. The summed E-state index contributed by atoms with van der Waals surface area (Å²) in [5.41, 5.74) is 2.40. The molecule has 0 saturated carbocycles. The number of hydrogen-bond acceptors (Lipinski definition) is 5. The second-order valence-corrected chi connectivity index (χ2v) is 7.95. The van der Waals surface area contributed by atoms with Gasteiger partial charge in [-0.15, -0.1) is 11.8 Å². The third kappa shape index (κ3) is 5.74. The number of nitrogens with zero attached hydrogens (tertiary/aromatic N) is 2. The van der Waals surface area contributed by atoms with Crippen molar-refractivity contribution in [2.45, 2.75) is 25.2 Å². The molecule has 0 radical (unpaired) electrons. The number of pyridine rings is 1. The Morgan fingerprint density at radius 1 is 1.07 bits per heavy atom. The lowest BCUT2D eigenvalue weighted by molar-refractivity contribution is 0.0953. The molecule has 0 unspecified atom stereocenters. The maximum Gasteiger partial charge on any atom is 0.252 e. The van der Waals surface area contributed by atoms with Gasteiger partial charge in [-0.2, -0.15) is 0 Å². The highest BCUT2D eigenvalue weighted by atomic mass is 32.2. The highest BCUT2D eigenvalue weighted by Crippen LogP contribution is 2.25. The van der Waals surface area contributed by atoms with Crippen LogP contribution in [-0.4, -0.2) is 48.2 Å². The monoisotopic (exact) mass is 422 g/mol. The predicted octanol–water partition coefficient (Wildman–Crippen LogP) is 5.16. The molecule has 0 bridgehead atoms. The minimum atomic E-state index is -0.0611. The van der Waals surface area contributed by atoms with Gasteiger partial charge in [-0.3, -0.25) is 4.79 Å². The molecule has 30 heavy (non-hydrogen) atoms. The van der Waals surface area contributed by atoms with E-state index in [4.69, 9.17) is 4.98 Å². The first kappa shape index (κ1) is 22.1. The first-order chi connectivity index (χ1) is 14.6. The van der Waals surface area contributed by atoms with Crippen molar-refractivity contribution in [2.24, 2.45) is 0 Å². The fraction of sp³-hybridized carbons (Fsp3) is 0.333. The normalized spacial score (nSPS) is 11.1. The van der Waals surface area contributed by atoms with Gasteiger partial charge < -0.3 is 15.5 Å². The molecule has 0 spiro atoms. The van der Waals surface area contributed by atoms with Gasteiger partial charge in [0, 0.05) is 22.5 Å². The molecule has 5 nitrogen and oxygen atoms in total. The van der Waals surface area contributed by atoms with Crippen LogP contribution in [0, 0.1) is 0 Å². The first-order valence-electron chi connectivity index (χ1n) is 10.5. The maximum absolute atomic E-state index is 13.0. The number of aromatic nitrogens is 1. The Labute approximate surface area is 183 Å². The van der Waals surface area contributed by atoms with Gasteiger partial charge in [0.15, 0.2) is 0 Å². The topological polar surface area (TPSA) is 57.3 Å². The van der Waals surface area contributed by atoms with Gasteiger partial charge in [0.2, 0.25) is 0 Å². The molecule has 3 rings (SSSR count). The number of fused-ring (bicyclic) bond motifs is 1. The van der Waals surface area contributed by atoms with Crippen LogP contribution in [0.2, 0.25) is 0 Å². The number of anilines is 2. The van der Waals surface area contributed by atoms with E-state index < -0.39 is 0 Å². The average Bonchev–Trinajstić information content (AvgIpc) is 2.78. The van der Waals surface area contributed by atoms with E-state index in [0.717, 1.165) is 42.6 Å². The van der Waals surface area contributed by atoms with Gasteiger partial charge in [-0.05, 0) is 62.6 Å². The van der Waals surface area contributed by atoms with Crippen LogP contribution in [0.4, 0.5) is 11.5 Å². The van der Waals surface area contributed by atoms with Crippen molar-refractivity contribution in [2.75, 3.05) is 37.8 Å². The Bertz CT molecular complexity index is 988. The van der Waals surface area contributed by atoms with Crippen LogP contribution in [0.25, 0.3) is 10.9 Å². The molecule has 1 amide bonds. The summed E-state index contributed by atoms with van der Waals surface area (Å²) < 4.78 is 0. The molecule has 0 aliphatic rings. The lowest BCUT2D eigenvalue weighted by atomic mass is 10.1. The van der Waals surface area contributed by atoms with Gasteiger partial charge in [0.25, 0.3) is 5.91 Å². The molecule has 2 aromatic carbocycles. The van der Waals surface area contributed by atoms with Crippen LogP contribution < -0.4 is 10.6 Å². The lowest BCUT2D eigenvalue weighted by Gasteiger charge is -2.18. The minimum absolute atomic E-state index is 0.0611. The van der Waals surface area contributed by atoms with Crippen molar-refractivity contribution >= 4 is 40.1 Å². The zero-order valence-electron chi connectivity index (χ0n) is 17.9. The fourth-order valence-electron chi connectivity index (χ4n) is 3.42. The zero-order valence-corrected chi connectivity index (χ0v) is 18.8. The molecule has 158 valence electrons. The molecule has 0 saturated heterocycles. The third-order valence-electron chi connectivity index (χ3n) is 5.13. The van der Waals surface area contributed by atoms with Crippen LogP contribution in [-0.2, 0) is 0 Å². The Morgan fingerprint density at radius 2 is 1.87 bits per heavy atom. The molecule has 1 aromatic heterocycles. The maximum atomic E-state index is 13.0. The molecule has 1 heterocycles. The van der Waals surface area contributed by atoms with E-state index in [0.29, 0.717) is 17.9 Å². The number of rotatable bonds is 10. The summed E-state index contributed by atoms with van der Waals surface area (Å²) in [6, 6.07) is 17.8. The van der Waals surface area contributed by atoms with E-state index in [1.165, 1.54) is 4.90 Å².